The highest BCUT2D eigenvalue weighted by Gasteiger charge is 2.15. The van der Waals surface area contributed by atoms with E-state index in [-0.39, 0.29) is 10.8 Å². The van der Waals surface area contributed by atoms with Crippen molar-refractivity contribution in [2.24, 2.45) is 0 Å². The molecule has 0 aliphatic heterocycles. The van der Waals surface area contributed by atoms with E-state index in [9.17, 15) is 9.59 Å². The van der Waals surface area contributed by atoms with Crippen LogP contribution in [0.1, 0.15) is 20.0 Å². The Morgan fingerprint density at radius 2 is 1.85 bits per heavy atom. The van der Waals surface area contributed by atoms with Crippen LogP contribution in [0.2, 0.25) is 0 Å². The molecule has 0 spiro atoms. The number of amides is 1. The molecule has 2 N–H and O–H groups in total. The molecular formula is C12H6I3NO3S. The quantitative estimate of drug-likeness (QED) is 0.390. The lowest BCUT2D eigenvalue weighted by Crippen LogP contribution is -2.13. The van der Waals surface area contributed by atoms with Crippen LogP contribution in [-0.2, 0) is 0 Å². The number of carbonyl (C=O) groups is 2. The van der Waals surface area contributed by atoms with Gasteiger partial charge >= 0.3 is 5.97 Å². The number of anilines is 1. The second-order valence-electron chi connectivity index (χ2n) is 3.67. The minimum Gasteiger partial charge on any atom is -0.477 e. The standard InChI is InChI=1S/C12H6I3NO3S/c13-5-3-6(10(15)7(14)4-5)11(17)16-9-2-1-8(20-9)12(18)19/h1-4H,(H,16,17)(H,18,19). The van der Waals surface area contributed by atoms with Crippen molar-refractivity contribution in [2.45, 2.75) is 0 Å². The number of rotatable bonds is 3. The van der Waals surface area contributed by atoms with Crippen LogP contribution in [0.3, 0.4) is 0 Å². The fourth-order valence-corrected chi connectivity index (χ4v) is 4.56. The van der Waals surface area contributed by atoms with Crippen LogP contribution in [0.15, 0.2) is 24.3 Å². The first-order valence-corrected chi connectivity index (χ1v) is 9.23. The number of hydrogen-bond donors (Lipinski definition) is 2. The molecule has 0 radical (unpaired) electrons. The zero-order valence-electron chi connectivity index (χ0n) is 9.62. The van der Waals surface area contributed by atoms with Crippen molar-refractivity contribution in [1.29, 1.82) is 0 Å². The van der Waals surface area contributed by atoms with E-state index in [4.69, 9.17) is 5.11 Å². The molecule has 0 bridgehead atoms. The third-order valence-corrected chi connectivity index (χ3v) is 6.95. The van der Waals surface area contributed by atoms with Crippen molar-refractivity contribution in [3.05, 3.63) is 45.4 Å². The summed E-state index contributed by atoms with van der Waals surface area (Å²) < 4.78 is 2.88. The van der Waals surface area contributed by atoms with Gasteiger partial charge in [0.2, 0.25) is 0 Å². The molecule has 4 nitrogen and oxygen atoms in total. The van der Waals surface area contributed by atoms with Gasteiger partial charge in [-0.1, -0.05) is 0 Å². The molecule has 0 saturated carbocycles. The largest absolute Gasteiger partial charge is 0.477 e. The van der Waals surface area contributed by atoms with Crippen LogP contribution in [0, 0.1) is 10.7 Å². The van der Waals surface area contributed by atoms with E-state index in [0.717, 1.165) is 22.0 Å². The lowest BCUT2D eigenvalue weighted by Gasteiger charge is -2.07. The van der Waals surface area contributed by atoms with Crippen molar-refractivity contribution in [3.8, 4) is 0 Å². The molecule has 1 heterocycles. The topological polar surface area (TPSA) is 66.4 Å². The molecule has 20 heavy (non-hydrogen) atoms. The van der Waals surface area contributed by atoms with Crippen LogP contribution >= 0.6 is 79.1 Å². The van der Waals surface area contributed by atoms with Crippen molar-refractivity contribution >= 4 is 96.0 Å². The molecule has 0 aliphatic rings. The summed E-state index contributed by atoms with van der Waals surface area (Å²) in [7, 11) is 0. The predicted molar refractivity (Wildman–Crippen MR) is 104 cm³/mol. The van der Waals surface area contributed by atoms with Gasteiger partial charge in [-0.05, 0) is 92.0 Å². The van der Waals surface area contributed by atoms with E-state index < -0.39 is 5.97 Å². The third-order valence-electron chi connectivity index (χ3n) is 2.29. The summed E-state index contributed by atoms with van der Waals surface area (Å²) in [4.78, 5) is 23.3. The number of thiophene rings is 1. The van der Waals surface area contributed by atoms with Gasteiger partial charge in [0.05, 0.1) is 10.6 Å². The first-order valence-electron chi connectivity index (χ1n) is 5.17. The Balaban J connectivity index is 2.26. The number of hydrogen-bond acceptors (Lipinski definition) is 3. The van der Waals surface area contributed by atoms with Gasteiger partial charge in [0, 0.05) is 10.7 Å². The molecule has 0 aliphatic carbocycles. The van der Waals surface area contributed by atoms with Gasteiger partial charge in [-0.25, -0.2) is 4.79 Å². The maximum atomic E-state index is 12.3. The van der Waals surface area contributed by atoms with Gasteiger partial charge in [-0.2, -0.15) is 0 Å². The number of halogens is 3. The van der Waals surface area contributed by atoms with E-state index in [1.807, 2.05) is 12.1 Å². The number of aromatic carboxylic acids is 1. The summed E-state index contributed by atoms with van der Waals surface area (Å²) in [5.74, 6) is -1.22. The maximum absolute atomic E-state index is 12.3. The molecule has 0 saturated heterocycles. The minimum atomic E-state index is -0.992. The van der Waals surface area contributed by atoms with Crippen LogP contribution < -0.4 is 5.32 Å². The second kappa shape index (κ2) is 6.87. The Labute approximate surface area is 159 Å². The third kappa shape index (κ3) is 3.82. The molecule has 8 heteroatoms. The zero-order chi connectivity index (χ0) is 14.9. The number of carboxylic acid groups (broad SMARTS) is 1. The fraction of sp³-hybridized carbons (Fsp3) is 0. The van der Waals surface area contributed by atoms with Gasteiger partial charge in [0.25, 0.3) is 5.91 Å². The number of carbonyl (C=O) groups excluding carboxylic acids is 1. The van der Waals surface area contributed by atoms with Crippen molar-refractivity contribution in [3.63, 3.8) is 0 Å². The zero-order valence-corrected chi connectivity index (χ0v) is 16.9. The van der Waals surface area contributed by atoms with Crippen molar-refractivity contribution in [2.75, 3.05) is 5.32 Å². The van der Waals surface area contributed by atoms with Crippen LogP contribution in [0.5, 0.6) is 0 Å². The summed E-state index contributed by atoms with van der Waals surface area (Å²) in [6.45, 7) is 0. The number of carboxylic acids is 1. The minimum absolute atomic E-state index is 0.201. The molecule has 2 aromatic rings. The Morgan fingerprint density at radius 1 is 1.15 bits per heavy atom. The average molecular weight is 625 g/mol. The van der Waals surface area contributed by atoms with E-state index in [1.54, 1.807) is 6.07 Å². The number of benzene rings is 1. The SMILES string of the molecule is O=C(O)c1ccc(NC(=O)c2cc(I)cc(I)c2I)s1. The second-order valence-corrected chi connectivity index (χ2v) is 8.24. The van der Waals surface area contributed by atoms with Gasteiger partial charge in [0.15, 0.2) is 0 Å². The maximum Gasteiger partial charge on any atom is 0.345 e. The Morgan fingerprint density at radius 3 is 2.45 bits per heavy atom. The molecule has 0 atom stereocenters. The van der Waals surface area contributed by atoms with Gasteiger partial charge in [-0.15, -0.1) is 11.3 Å². The highest BCUT2D eigenvalue weighted by atomic mass is 127. The average Bonchev–Trinajstić information content (AvgIpc) is 2.82. The lowest BCUT2D eigenvalue weighted by molar-refractivity contribution is 0.0702. The summed E-state index contributed by atoms with van der Waals surface area (Å²) in [5, 5.41) is 12.1. The fourth-order valence-electron chi connectivity index (χ4n) is 1.42. The molecule has 1 aromatic heterocycles. The predicted octanol–water partition coefficient (Wildman–Crippen LogP) is 4.51. The monoisotopic (exact) mass is 625 g/mol. The Bertz CT molecular complexity index is 699. The molecule has 0 unspecified atom stereocenters. The van der Waals surface area contributed by atoms with E-state index in [0.29, 0.717) is 10.6 Å². The molecule has 1 aromatic carbocycles. The Hall–Kier alpha value is 0.0500. The summed E-state index contributed by atoms with van der Waals surface area (Å²) in [5.41, 5.74) is 0.590. The van der Waals surface area contributed by atoms with Crippen LogP contribution in [0.25, 0.3) is 0 Å². The van der Waals surface area contributed by atoms with E-state index in [2.05, 4.69) is 73.1 Å². The van der Waals surface area contributed by atoms with Gasteiger partial charge in [-0.3, -0.25) is 4.79 Å². The summed E-state index contributed by atoms with van der Waals surface area (Å²) in [6.07, 6.45) is 0. The van der Waals surface area contributed by atoms with Crippen molar-refractivity contribution in [1.82, 2.24) is 0 Å². The van der Waals surface area contributed by atoms with Crippen LogP contribution in [-0.4, -0.2) is 17.0 Å². The first-order chi connectivity index (χ1) is 9.38. The molecule has 1 amide bonds. The molecular weight excluding hydrogens is 619 g/mol. The normalized spacial score (nSPS) is 10.3. The summed E-state index contributed by atoms with van der Waals surface area (Å²) >= 11 is 7.52. The summed E-state index contributed by atoms with van der Waals surface area (Å²) in [6, 6.07) is 6.88. The first kappa shape index (κ1) is 16.4. The van der Waals surface area contributed by atoms with Gasteiger partial charge in [0.1, 0.15) is 4.88 Å². The smallest absolute Gasteiger partial charge is 0.345 e. The molecule has 104 valence electrons. The molecule has 2 rings (SSSR count). The number of nitrogens with one attached hydrogen (secondary N) is 1. The van der Waals surface area contributed by atoms with Crippen LogP contribution in [0.4, 0.5) is 5.00 Å². The van der Waals surface area contributed by atoms with Crippen molar-refractivity contribution < 1.29 is 14.7 Å². The highest BCUT2D eigenvalue weighted by molar-refractivity contribution is 14.1. The Kier molecular flexibility index (Phi) is 5.64. The van der Waals surface area contributed by atoms with E-state index in [1.165, 1.54) is 6.07 Å². The lowest BCUT2D eigenvalue weighted by atomic mass is 10.2. The van der Waals surface area contributed by atoms with Gasteiger partial charge < -0.3 is 10.4 Å². The molecule has 0 fully saturated rings. The van der Waals surface area contributed by atoms with E-state index >= 15 is 0 Å². The highest BCUT2D eigenvalue weighted by Crippen LogP contribution is 2.26.